The zero-order valence-corrected chi connectivity index (χ0v) is 8.51. The smallest absolute Gasteiger partial charge is 0.00758 e. The molecule has 12 heavy (non-hydrogen) atoms. The van der Waals surface area contributed by atoms with Crippen LogP contribution >= 0.6 is 0 Å². The summed E-state index contributed by atoms with van der Waals surface area (Å²) in [4.78, 5) is 0. The average molecular weight is 167 g/mol. The fraction of sp³-hybridized carbons (Fsp3) is 0.636. The van der Waals surface area contributed by atoms with Crippen LogP contribution in [0.3, 0.4) is 0 Å². The van der Waals surface area contributed by atoms with Gasteiger partial charge in [0.25, 0.3) is 0 Å². The molecule has 0 aliphatic heterocycles. The Morgan fingerprint density at radius 1 is 1.33 bits per heavy atom. The molecule has 0 fully saturated rings. The first-order valence-electron chi connectivity index (χ1n) is 4.74. The van der Waals surface area contributed by atoms with E-state index in [4.69, 9.17) is 0 Å². The topological polar surface area (TPSA) is 12.0 Å². The van der Waals surface area contributed by atoms with Gasteiger partial charge in [-0.15, -0.1) is 0 Å². The summed E-state index contributed by atoms with van der Waals surface area (Å²) in [5, 5.41) is 3.50. The van der Waals surface area contributed by atoms with Crippen LogP contribution in [0.2, 0.25) is 0 Å². The summed E-state index contributed by atoms with van der Waals surface area (Å²) in [6, 6.07) is 1.19. The summed E-state index contributed by atoms with van der Waals surface area (Å²) in [6.45, 7) is 10.2. The van der Waals surface area contributed by atoms with Gasteiger partial charge in [0, 0.05) is 12.1 Å². The SMILES string of the molecule is C=C/C=C/CC(C)NC(C)CC. The van der Waals surface area contributed by atoms with Crippen LogP contribution < -0.4 is 5.32 Å². The standard InChI is InChI=1S/C11H21N/c1-5-7-8-9-11(4)12-10(3)6-2/h5,7-8,10-12H,1,6,9H2,2-4H3/b8-7+. The molecule has 0 aromatic carbocycles. The van der Waals surface area contributed by atoms with Crippen LogP contribution in [0.25, 0.3) is 0 Å². The van der Waals surface area contributed by atoms with Crippen molar-refractivity contribution < 1.29 is 0 Å². The van der Waals surface area contributed by atoms with Crippen LogP contribution in [0.1, 0.15) is 33.6 Å². The molecular weight excluding hydrogens is 146 g/mol. The Kier molecular flexibility index (Phi) is 6.78. The average Bonchev–Trinajstić information content (AvgIpc) is 2.05. The van der Waals surface area contributed by atoms with Gasteiger partial charge in [-0.1, -0.05) is 31.7 Å². The van der Waals surface area contributed by atoms with Gasteiger partial charge in [0.05, 0.1) is 0 Å². The van der Waals surface area contributed by atoms with E-state index in [1.54, 1.807) is 0 Å². The maximum atomic E-state index is 3.63. The van der Waals surface area contributed by atoms with Gasteiger partial charge in [-0.2, -0.15) is 0 Å². The van der Waals surface area contributed by atoms with Gasteiger partial charge >= 0.3 is 0 Å². The van der Waals surface area contributed by atoms with E-state index in [-0.39, 0.29) is 0 Å². The molecule has 0 aromatic rings. The largest absolute Gasteiger partial charge is 0.311 e. The van der Waals surface area contributed by atoms with Gasteiger partial charge in [-0.05, 0) is 26.7 Å². The van der Waals surface area contributed by atoms with Crippen LogP contribution in [-0.4, -0.2) is 12.1 Å². The number of hydrogen-bond donors (Lipinski definition) is 1. The third-order valence-corrected chi connectivity index (χ3v) is 1.94. The highest BCUT2D eigenvalue weighted by molar-refractivity contribution is 4.98. The molecule has 2 atom stereocenters. The van der Waals surface area contributed by atoms with Gasteiger partial charge in [0.15, 0.2) is 0 Å². The minimum atomic E-state index is 0.566. The highest BCUT2D eigenvalue weighted by Gasteiger charge is 2.02. The normalized spacial score (nSPS) is 16.2. The summed E-state index contributed by atoms with van der Waals surface area (Å²) in [7, 11) is 0. The summed E-state index contributed by atoms with van der Waals surface area (Å²) >= 11 is 0. The quantitative estimate of drug-likeness (QED) is 0.600. The Morgan fingerprint density at radius 3 is 2.50 bits per heavy atom. The first-order chi connectivity index (χ1) is 5.70. The van der Waals surface area contributed by atoms with Crippen molar-refractivity contribution in [1.82, 2.24) is 5.32 Å². The van der Waals surface area contributed by atoms with E-state index < -0.39 is 0 Å². The lowest BCUT2D eigenvalue weighted by Crippen LogP contribution is -2.33. The number of allylic oxidation sites excluding steroid dienone is 2. The maximum Gasteiger partial charge on any atom is 0.00758 e. The van der Waals surface area contributed by atoms with E-state index in [0.717, 1.165) is 6.42 Å². The van der Waals surface area contributed by atoms with E-state index in [1.165, 1.54) is 6.42 Å². The molecule has 1 heteroatoms. The third-order valence-electron chi connectivity index (χ3n) is 1.94. The van der Waals surface area contributed by atoms with E-state index in [2.05, 4.69) is 38.7 Å². The molecule has 0 saturated heterocycles. The Hall–Kier alpha value is -0.560. The van der Waals surface area contributed by atoms with Crippen molar-refractivity contribution in [1.29, 1.82) is 0 Å². The van der Waals surface area contributed by atoms with E-state index in [1.807, 2.05) is 12.2 Å². The van der Waals surface area contributed by atoms with Crippen LogP contribution in [0.4, 0.5) is 0 Å². The van der Waals surface area contributed by atoms with E-state index in [9.17, 15) is 0 Å². The van der Waals surface area contributed by atoms with Crippen molar-refractivity contribution in [3.8, 4) is 0 Å². The number of hydrogen-bond acceptors (Lipinski definition) is 1. The second-order valence-corrected chi connectivity index (χ2v) is 3.28. The molecule has 70 valence electrons. The lowest BCUT2D eigenvalue weighted by molar-refractivity contribution is 0.460. The van der Waals surface area contributed by atoms with Crippen LogP contribution in [0.5, 0.6) is 0 Å². The summed E-state index contributed by atoms with van der Waals surface area (Å²) < 4.78 is 0. The zero-order valence-electron chi connectivity index (χ0n) is 8.51. The molecule has 1 N–H and O–H groups in total. The molecule has 0 rings (SSSR count). The van der Waals surface area contributed by atoms with Crippen molar-refractivity contribution in [2.75, 3.05) is 0 Å². The Morgan fingerprint density at radius 2 is 2.00 bits per heavy atom. The minimum absolute atomic E-state index is 0.566. The van der Waals surface area contributed by atoms with Crippen molar-refractivity contribution in [3.63, 3.8) is 0 Å². The first-order valence-corrected chi connectivity index (χ1v) is 4.74. The third kappa shape index (κ3) is 6.17. The minimum Gasteiger partial charge on any atom is -0.311 e. The molecule has 0 saturated carbocycles. The summed E-state index contributed by atoms with van der Waals surface area (Å²) in [5.74, 6) is 0. The second-order valence-electron chi connectivity index (χ2n) is 3.28. The van der Waals surface area contributed by atoms with E-state index in [0.29, 0.717) is 12.1 Å². The molecule has 0 amide bonds. The monoisotopic (exact) mass is 167 g/mol. The maximum absolute atomic E-state index is 3.63. The van der Waals surface area contributed by atoms with Crippen LogP contribution in [0, 0.1) is 0 Å². The van der Waals surface area contributed by atoms with Crippen molar-refractivity contribution in [3.05, 3.63) is 24.8 Å². The predicted molar refractivity (Wildman–Crippen MR) is 56.3 cm³/mol. The van der Waals surface area contributed by atoms with E-state index >= 15 is 0 Å². The Labute approximate surface area is 76.6 Å². The first kappa shape index (κ1) is 11.4. The lowest BCUT2D eigenvalue weighted by Gasteiger charge is -2.16. The van der Waals surface area contributed by atoms with Crippen LogP contribution in [0.15, 0.2) is 24.8 Å². The highest BCUT2D eigenvalue weighted by atomic mass is 14.9. The fourth-order valence-corrected chi connectivity index (χ4v) is 1.05. The van der Waals surface area contributed by atoms with Crippen molar-refractivity contribution in [2.45, 2.75) is 45.7 Å². The Bertz CT molecular complexity index is 138. The zero-order chi connectivity index (χ0) is 9.40. The fourth-order valence-electron chi connectivity index (χ4n) is 1.05. The highest BCUT2D eigenvalue weighted by Crippen LogP contribution is 1.97. The second kappa shape index (κ2) is 7.11. The molecule has 0 aliphatic carbocycles. The molecule has 0 radical (unpaired) electrons. The summed E-state index contributed by atoms with van der Waals surface area (Å²) in [5.41, 5.74) is 0. The number of rotatable bonds is 6. The predicted octanol–water partition coefficient (Wildman–Crippen LogP) is 2.90. The van der Waals surface area contributed by atoms with Gasteiger partial charge in [0.1, 0.15) is 0 Å². The molecular formula is C11H21N. The van der Waals surface area contributed by atoms with Gasteiger partial charge in [-0.3, -0.25) is 0 Å². The number of nitrogens with one attached hydrogen (secondary N) is 1. The lowest BCUT2D eigenvalue weighted by atomic mass is 10.1. The van der Waals surface area contributed by atoms with Crippen molar-refractivity contribution >= 4 is 0 Å². The molecule has 0 aliphatic rings. The van der Waals surface area contributed by atoms with Crippen molar-refractivity contribution in [2.24, 2.45) is 0 Å². The Balaban J connectivity index is 3.51. The van der Waals surface area contributed by atoms with Gasteiger partial charge in [-0.25, -0.2) is 0 Å². The summed E-state index contributed by atoms with van der Waals surface area (Å²) in [6.07, 6.45) is 8.23. The molecule has 0 spiro atoms. The van der Waals surface area contributed by atoms with Gasteiger partial charge < -0.3 is 5.32 Å². The molecule has 1 nitrogen and oxygen atoms in total. The molecule has 0 aromatic heterocycles. The van der Waals surface area contributed by atoms with Gasteiger partial charge in [0.2, 0.25) is 0 Å². The molecule has 0 heterocycles. The molecule has 2 unspecified atom stereocenters. The molecule has 0 bridgehead atoms. The van der Waals surface area contributed by atoms with Crippen LogP contribution in [-0.2, 0) is 0 Å².